The molecule has 2 aliphatic rings. The molecule has 2 fully saturated rings. The Kier molecular flexibility index (Phi) is 5.17. The van der Waals surface area contributed by atoms with Crippen LogP contribution >= 0.6 is 12.4 Å². The molecule has 0 aliphatic carbocycles. The highest BCUT2D eigenvalue weighted by molar-refractivity contribution is 5.85. The number of hydrogen-bond donors (Lipinski definition) is 2. The number of halogens is 1. The SMILES string of the molecule is CC1CNCCN1CC1CCNC1.Cl. The minimum Gasteiger partial charge on any atom is -0.316 e. The van der Waals surface area contributed by atoms with E-state index in [2.05, 4.69) is 22.5 Å². The molecule has 14 heavy (non-hydrogen) atoms. The van der Waals surface area contributed by atoms with Gasteiger partial charge in [-0.25, -0.2) is 0 Å². The number of piperazine rings is 1. The average molecular weight is 220 g/mol. The van der Waals surface area contributed by atoms with Gasteiger partial charge in [0.15, 0.2) is 0 Å². The molecule has 0 aromatic heterocycles. The van der Waals surface area contributed by atoms with Crippen molar-refractivity contribution < 1.29 is 0 Å². The first kappa shape index (κ1) is 12.2. The van der Waals surface area contributed by atoms with E-state index in [1.165, 1.54) is 45.7 Å². The van der Waals surface area contributed by atoms with Gasteiger partial charge in [-0.15, -0.1) is 12.4 Å². The van der Waals surface area contributed by atoms with Crippen molar-refractivity contribution in [2.45, 2.75) is 19.4 Å². The predicted octanol–water partition coefficient (Wildman–Crippen LogP) is 0.311. The standard InChI is InChI=1S/C10H21N3.ClH/c1-9-6-12-4-5-13(9)8-10-2-3-11-7-10;/h9-12H,2-8H2,1H3;1H. The summed E-state index contributed by atoms with van der Waals surface area (Å²) in [5, 5.41) is 6.87. The molecule has 84 valence electrons. The van der Waals surface area contributed by atoms with Gasteiger partial charge >= 0.3 is 0 Å². The summed E-state index contributed by atoms with van der Waals surface area (Å²) in [6.45, 7) is 9.66. The maximum atomic E-state index is 3.43. The molecule has 0 amide bonds. The minimum absolute atomic E-state index is 0. The normalized spacial score (nSPS) is 34.1. The fraction of sp³-hybridized carbons (Fsp3) is 1.00. The lowest BCUT2D eigenvalue weighted by Gasteiger charge is -2.35. The second-order valence-corrected chi connectivity index (χ2v) is 4.41. The molecule has 0 radical (unpaired) electrons. The second kappa shape index (κ2) is 5.91. The number of nitrogens with one attached hydrogen (secondary N) is 2. The van der Waals surface area contributed by atoms with Crippen LogP contribution in [0.3, 0.4) is 0 Å². The van der Waals surface area contributed by atoms with Crippen molar-refractivity contribution in [1.29, 1.82) is 0 Å². The summed E-state index contributed by atoms with van der Waals surface area (Å²) in [6.07, 6.45) is 1.37. The molecular weight excluding hydrogens is 198 g/mol. The fourth-order valence-corrected chi connectivity index (χ4v) is 2.36. The van der Waals surface area contributed by atoms with E-state index in [1.54, 1.807) is 0 Å². The van der Waals surface area contributed by atoms with Crippen LogP contribution in [0.1, 0.15) is 13.3 Å². The van der Waals surface area contributed by atoms with Gasteiger partial charge < -0.3 is 10.6 Å². The number of hydrogen-bond acceptors (Lipinski definition) is 3. The molecule has 2 heterocycles. The van der Waals surface area contributed by atoms with Gasteiger partial charge in [-0.1, -0.05) is 0 Å². The molecule has 0 aromatic carbocycles. The average Bonchev–Trinajstić information content (AvgIpc) is 2.61. The Morgan fingerprint density at radius 3 is 2.64 bits per heavy atom. The number of rotatable bonds is 2. The molecule has 4 heteroatoms. The summed E-state index contributed by atoms with van der Waals surface area (Å²) in [5.41, 5.74) is 0. The van der Waals surface area contributed by atoms with Crippen LogP contribution in [0.25, 0.3) is 0 Å². The second-order valence-electron chi connectivity index (χ2n) is 4.41. The Labute approximate surface area is 93.0 Å². The maximum absolute atomic E-state index is 3.43. The van der Waals surface area contributed by atoms with Crippen molar-refractivity contribution >= 4 is 12.4 Å². The van der Waals surface area contributed by atoms with Crippen molar-refractivity contribution in [1.82, 2.24) is 15.5 Å². The van der Waals surface area contributed by atoms with Crippen LogP contribution in [0, 0.1) is 5.92 Å². The van der Waals surface area contributed by atoms with Crippen molar-refractivity contribution in [2.24, 2.45) is 5.92 Å². The molecule has 0 aromatic rings. The number of nitrogens with zero attached hydrogens (tertiary/aromatic N) is 1. The van der Waals surface area contributed by atoms with Crippen LogP contribution < -0.4 is 10.6 Å². The van der Waals surface area contributed by atoms with Gasteiger partial charge in [0, 0.05) is 32.2 Å². The van der Waals surface area contributed by atoms with Crippen molar-refractivity contribution in [3.05, 3.63) is 0 Å². The lowest BCUT2D eigenvalue weighted by Crippen LogP contribution is -2.51. The van der Waals surface area contributed by atoms with Gasteiger partial charge in [-0.3, -0.25) is 4.90 Å². The van der Waals surface area contributed by atoms with Gasteiger partial charge in [0.05, 0.1) is 0 Å². The molecule has 2 rings (SSSR count). The van der Waals surface area contributed by atoms with Crippen LogP contribution in [0.2, 0.25) is 0 Å². The predicted molar refractivity (Wildman–Crippen MR) is 62.1 cm³/mol. The van der Waals surface area contributed by atoms with Gasteiger partial charge in [-0.05, 0) is 32.4 Å². The molecule has 0 bridgehead atoms. The van der Waals surface area contributed by atoms with Gasteiger partial charge in [-0.2, -0.15) is 0 Å². The van der Waals surface area contributed by atoms with E-state index in [-0.39, 0.29) is 12.4 Å². The summed E-state index contributed by atoms with van der Waals surface area (Å²) >= 11 is 0. The molecule has 2 aliphatic heterocycles. The smallest absolute Gasteiger partial charge is 0.0193 e. The Morgan fingerprint density at radius 2 is 2.00 bits per heavy atom. The summed E-state index contributed by atoms with van der Waals surface area (Å²) in [7, 11) is 0. The van der Waals surface area contributed by atoms with Crippen molar-refractivity contribution in [2.75, 3.05) is 39.3 Å². The zero-order valence-electron chi connectivity index (χ0n) is 8.96. The highest BCUT2D eigenvalue weighted by Crippen LogP contribution is 2.12. The third-order valence-corrected chi connectivity index (χ3v) is 3.29. The molecule has 3 nitrogen and oxygen atoms in total. The Balaban J connectivity index is 0.000000980. The van der Waals surface area contributed by atoms with Gasteiger partial charge in [0.1, 0.15) is 0 Å². The topological polar surface area (TPSA) is 27.3 Å². The van der Waals surface area contributed by atoms with Gasteiger partial charge in [0.25, 0.3) is 0 Å². The summed E-state index contributed by atoms with van der Waals surface area (Å²) in [5.74, 6) is 0.903. The molecule has 2 atom stereocenters. The van der Waals surface area contributed by atoms with Crippen LogP contribution in [-0.2, 0) is 0 Å². The Hall–Kier alpha value is 0.170. The quantitative estimate of drug-likeness (QED) is 0.700. The third kappa shape index (κ3) is 3.09. The third-order valence-electron chi connectivity index (χ3n) is 3.29. The van der Waals surface area contributed by atoms with Crippen LogP contribution in [-0.4, -0.2) is 50.2 Å². The van der Waals surface area contributed by atoms with E-state index in [9.17, 15) is 0 Å². The molecule has 0 spiro atoms. The first-order valence-electron chi connectivity index (χ1n) is 5.52. The monoisotopic (exact) mass is 219 g/mol. The molecule has 2 N–H and O–H groups in total. The summed E-state index contributed by atoms with van der Waals surface area (Å²) in [4.78, 5) is 2.63. The first-order chi connectivity index (χ1) is 6.36. The van der Waals surface area contributed by atoms with E-state index in [0.717, 1.165) is 12.0 Å². The lowest BCUT2D eigenvalue weighted by atomic mass is 10.1. The minimum atomic E-state index is 0. The van der Waals surface area contributed by atoms with Crippen molar-refractivity contribution in [3.8, 4) is 0 Å². The highest BCUT2D eigenvalue weighted by Gasteiger charge is 2.23. The van der Waals surface area contributed by atoms with E-state index >= 15 is 0 Å². The summed E-state index contributed by atoms with van der Waals surface area (Å²) in [6, 6.07) is 0.731. The van der Waals surface area contributed by atoms with Gasteiger partial charge in [0.2, 0.25) is 0 Å². The zero-order chi connectivity index (χ0) is 9.10. The van der Waals surface area contributed by atoms with Crippen LogP contribution in [0.5, 0.6) is 0 Å². The lowest BCUT2D eigenvalue weighted by molar-refractivity contribution is 0.152. The van der Waals surface area contributed by atoms with E-state index in [1.807, 2.05) is 0 Å². The first-order valence-corrected chi connectivity index (χ1v) is 5.52. The Bertz CT molecular complexity index is 159. The van der Waals surface area contributed by atoms with E-state index in [0.29, 0.717) is 0 Å². The van der Waals surface area contributed by atoms with Crippen molar-refractivity contribution in [3.63, 3.8) is 0 Å². The van der Waals surface area contributed by atoms with E-state index < -0.39 is 0 Å². The van der Waals surface area contributed by atoms with Crippen LogP contribution in [0.4, 0.5) is 0 Å². The molecule has 2 unspecified atom stereocenters. The zero-order valence-corrected chi connectivity index (χ0v) is 9.78. The van der Waals surface area contributed by atoms with Crippen LogP contribution in [0.15, 0.2) is 0 Å². The highest BCUT2D eigenvalue weighted by atomic mass is 35.5. The van der Waals surface area contributed by atoms with E-state index in [4.69, 9.17) is 0 Å². The maximum Gasteiger partial charge on any atom is 0.0193 e. The summed E-state index contributed by atoms with van der Waals surface area (Å²) < 4.78 is 0. The molecular formula is C10H22ClN3. The largest absolute Gasteiger partial charge is 0.316 e. The molecule has 0 saturated carbocycles. The fourth-order valence-electron chi connectivity index (χ4n) is 2.36. The Morgan fingerprint density at radius 1 is 1.21 bits per heavy atom. The molecule has 2 saturated heterocycles.